The molecule has 1 amide bonds. The summed E-state index contributed by atoms with van der Waals surface area (Å²) in [6, 6.07) is 8.39. The fourth-order valence-corrected chi connectivity index (χ4v) is 2.81. The van der Waals surface area contributed by atoms with Crippen molar-refractivity contribution in [2.75, 3.05) is 13.1 Å². The Morgan fingerprint density at radius 2 is 2.00 bits per heavy atom. The van der Waals surface area contributed by atoms with Crippen molar-refractivity contribution in [3.05, 3.63) is 35.4 Å². The smallest absolute Gasteiger partial charge is 0.227 e. The summed E-state index contributed by atoms with van der Waals surface area (Å²) >= 11 is 0. The molecule has 0 spiro atoms. The number of nitrogens with two attached hydrogens (primary N) is 1. The highest BCUT2D eigenvalue weighted by Crippen LogP contribution is 2.21. The minimum Gasteiger partial charge on any atom is -0.338 e. The van der Waals surface area contributed by atoms with Gasteiger partial charge in [-0.1, -0.05) is 38.1 Å². The van der Waals surface area contributed by atoms with E-state index in [2.05, 4.69) is 32.0 Å². The molecule has 104 valence electrons. The number of benzene rings is 1. The number of carbonyl (C=O) groups excluding carboxylic acids is 1. The monoisotopic (exact) mass is 260 g/mol. The third-order valence-corrected chi connectivity index (χ3v) is 3.83. The number of rotatable bonds is 4. The van der Waals surface area contributed by atoms with Crippen LogP contribution in [0.5, 0.6) is 0 Å². The molecule has 0 saturated carbocycles. The van der Waals surface area contributed by atoms with Gasteiger partial charge in [0.15, 0.2) is 0 Å². The molecule has 0 saturated heterocycles. The molecule has 19 heavy (non-hydrogen) atoms. The van der Waals surface area contributed by atoms with E-state index in [1.807, 2.05) is 11.0 Å². The highest BCUT2D eigenvalue weighted by Gasteiger charge is 2.26. The average Bonchev–Trinajstić information content (AvgIpc) is 2.43. The van der Waals surface area contributed by atoms with Gasteiger partial charge in [0.05, 0.1) is 5.92 Å². The first-order valence-electron chi connectivity index (χ1n) is 7.17. The minimum absolute atomic E-state index is 0.0229. The number of nitrogens with zero attached hydrogens (tertiary/aromatic N) is 1. The van der Waals surface area contributed by atoms with Gasteiger partial charge in [0, 0.05) is 19.6 Å². The Hall–Kier alpha value is -1.35. The van der Waals surface area contributed by atoms with Gasteiger partial charge in [0.1, 0.15) is 0 Å². The zero-order valence-electron chi connectivity index (χ0n) is 11.9. The van der Waals surface area contributed by atoms with Crippen LogP contribution in [0.15, 0.2) is 24.3 Å². The predicted molar refractivity (Wildman–Crippen MR) is 77.6 cm³/mol. The topological polar surface area (TPSA) is 46.3 Å². The number of amides is 1. The van der Waals surface area contributed by atoms with Crippen LogP contribution in [-0.2, 0) is 17.8 Å². The van der Waals surface area contributed by atoms with E-state index in [1.54, 1.807) is 0 Å². The van der Waals surface area contributed by atoms with E-state index in [0.29, 0.717) is 12.5 Å². The van der Waals surface area contributed by atoms with Gasteiger partial charge in [-0.25, -0.2) is 0 Å². The first-order valence-corrected chi connectivity index (χ1v) is 7.17. The van der Waals surface area contributed by atoms with Gasteiger partial charge >= 0.3 is 0 Å². The molecule has 1 aromatic carbocycles. The van der Waals surface area contributed by atoms with Crippen LogP contribution >= 0.6 is 0 Å². The van der Waals surface area contributed by atoms with Crippen LogP contribution in [0.1, 0.15) is 31.4 Å². The molecule has 1 aromatic rings. The molecule has 1 aliphatic heterocycles. The second kappa shape index (κ2) is 6.20. The van der Waals surface area contributed by atoms with E-state index in [4.69, 9.17) is 5.73 Å². The van der Waals surface area contributed by atoms with Crippen molar-refractivity contribution in [2.45, 2.75) is 33.2 Å². The Morgan fingerprint density at radius 1 is 1.32 bits per heavy atom. The normalized spacial score (nSPS) is 16.3. The molecule has 1 heterocycles. The van der Waals surface area contributed by atoms with E-state index in [0.717, 1.165) is 25.9 Å². The van der Waals surface area contributed by atoms with Crippen LogP contribution in [0.25, 0.3) is 0 Å². The van der Waals surface area contributed by atoms with Crippen molar-refractivity contribution in [1.29, 1.82) is 0 Å². The molecular weight excluding hydrogens is 236 g/mol. The summed E-state index contributed by atoms with van der Waals surface area (Å²) < 4.78 is 0. The van der Waals surface area contributed by atoms with Gasteiger partial charge in [-0.3, -0.25) is 4.79 Å². The Kier molecular flexibility index (Phi) is 4.59. The van der Waals surface area contributed by atoms with E-state index in [9.17, 15) is 4.79 Å². The highest BCUT2D eigenvalue weighted by atomic mass is 16.2. The minimum atomic E-state index is -0.0229. The fraction of sp³-hybridized carbons (Fsp3) is 0.562. The number of fused-ring (bicyclic) bond motifs is 1. The van der Waals surface area contributed by atoms with E-state index < -0.39 is 0 Å². The molecule has 2 N–H and O–H groups in total. The van der Waals surface area contributed by atoms with Crippen LogP contribution < -0.4 is 5.73 Å². The van der Waals surface area contributed by atoms with Crippen molar-refractivity contribution >= 4 is 5.91 Å². The largest absolute Gasteiger partial charge is 0.338 e. The Morgan fingerprint density at radius 3 is 2.63 bits per heavy atom. The first-order chi connectivity index (χ1) is 9.11. The van der Waals surface area contributed by atoms with Crippen molar-refractivity contribution in [3.8, 4) is 0 Å². The van der Waals surface area contributed by atoms with Gasteiger partial charge < -0.3 is 10.6 Å². The molecule has 0 bridgehead atoms. The van der Waals surface area contributed by atoms with Gasteiger partial charge in [-0.2, -0.15) is 0 Å². The van der Waals surface area contributed by atoms with E-state index >= 15 is 0 Å². The molecule has 0 aliphatic carbocycles. The quantitative estimate of drug-likeness (QED) is 0.902. The van der Waals surface area contributed by atoms with Crippen LogP contribution in [0, 0.1) is 11.8 Å². The highest BCUT2D eigenvalue weighted by molar-refractivity contribution is 5.79. The second-order valence-corrected chi connectivity index (χ2v) is 5.84. The van der Waals surface area contributed by atoms with Crippen LogP contribution in [0.2, 0.25) is 0 Å². The first kappa shape index (κ1) is 14.1. The summed E-state index contributed by atoms with van der Waals surface area (Å²) in [4.78, 5) is 14.5. The molecule has 2 rings (SSSR count). The molecule has 0 fully saturated rings. The summed E-state index contributed by atoms with van der Waals surface area (Å²) in [7, 11) is 0. The van der Waals surface area contributed by atoms with Crippen molar-refractivity contribution in [2.24, 2.45) is 17.6 Å². The number of carbonyl (C=O) groups is 1. The predicted octanol–water partition coefficient (Wildman–Crippen LogP) is 2.19. The molecule has 1 unspecified atom stereocenters. The van der Waals surface area contributed by atoms with E-state index in [1.165, 1.54) is 11.1 Å². The van der Waals surface area contributed by atoms with Crippen LogP contribution in [-0.4, -0.2) is 23.9 Å². The Bertz CT molecular complexity index is 442. The lowest BCUT2D eigenvalue weighted by Crippen LogP contribution is -2.42. The lowest BCUT2D eigenvalue weighted by molar-refractivity contribution is -0.136. The van der Waals surface area contributed by atoms with Gasteiger partial charge in [0.25, 0.3) is 0 Å². The number of hydrogen-bond acceptors (Lipinski definition) is 2. The van der Waals surface area contributed by atoms with Gasteiger partial charge in [0.2, 0.25) is 5.91 Å². The second-order valence-electron chi connectivity index (χ2n) is 5.84. The van der Waals surface area contributed by atoms with Crippen LogP contribution in [0.4, 0.5) is 0 Å². The maximum absolute atomic E-state index is 12.5. The zero-order chi connectivity index (χ0) is 13.8. The summed E-state index contributed by atoms with van der Waals surface area (Å²) in [5.74, 6) is 0.713. The fourth-order valence-electron chi connectivity index (χ4n) is 2.81. The summed E-state index contributed by atoms with van der Waals surface area (Å²) in [6.45, 7) is 6.30. The Labute approximate surface area is 115 Å². The maximum atomic E-state index is 12.5. The van der Waals surface area contributed by atoms with E-state index in [-0.39, 0.29) is 11.8 Å². The molecule has 1 aliphatic rings. The third-order valence-electron chi connectivity index (χ3n) is 3.83. The van der Waals surface area contributed by atoms with Crippen molar-refractivity contribution < 1.29 is 4.79 Å². The number of hydrogen-bond donors (Lipinski definition) is 1. The molecule has 3 nitrogen and oxygen atoms in total. The SMILES string of the molecule is CC(C)CC(CN)C(=O)N1CCc2ccccc2C1. The zero-order valence-corrected chi connectivity index (χ0v) is 11.9. The third kappa shape index (κ3) is 3.35. The molecular formula is C16H24N2O. The maximum Gasteiger partial charge on any atom is 0.227 e. The lowest BCUT2D eigenvalue weighted by atomic mass is 9.93. The van der Waals surface area contributed by atoms with Gasteiger partial charge in [-0.05, 0) is 29.9 Å². The Balaban J connectivity index is 2.05. The lowest BCUT2D eigenvalue weighted by Gasteiger charge is -2.32. The summed E-state index contributed by atoms with van der Waals surface area (Å²) in [5.41, 5.74) is 8.43. The molecule has 0 radical (unpaired) electrons. The average molecular weight is 260 g/mol. The van der Waals surface area contributed by atoms with Crippen LogP contribution in [0.3, 0.4) is 0 Å². The summed E-state index contributed by atoms with van der Waals surface area (Å²) in [6.07, 6.45) is 1.84. The molecule has 1 atom stereocenters. The standard InChI is InChI=1S/C16H24N2O/c1-12(2)9-15(10-17)16(19)18-8-7-13-5-3-4-6-14(13)11-18/h3-6,12,15H,7-11,17H2,1-2H3. The van der Waals surface area contributed by atoms with Crippen molar-refractivity contribution in [3.63, 3.8) is 0 Å². The van der Waals surface area contributed by atoms with Crippen molar-refractivity contribution in [1.82, 2.24) is 4.90 Å². The van der Waals surface area contributed by atoms with Gasteiger partial charge in [-0.15, -0.1) is 0 Å². The summed E-state index contributed by atoms with van der Waals surface area (Å²) in [5, 5.41) is 0. The molecule has 0 aromatic heterocycles. The molecule has 3 heteroatoms.